The van der Waals surface area contributed by atoms with Crippen molar-refractivity contribution >= 4 is 11.6 Å². The van der Waals surface area contributed by atoms with Crippen LogP contribution in [0.1, 0.15) is 49.8 Å². The predicted octanol–water partition coefficient (Wildman–Crippen LogP) is 2.26. The van der Waals surface area contributed by atoms with E-state index in [4.69, 9.17) is 0 Å². The van der Waals surface area contributed by atoms with Gasteiger partial charge in [0.25, 0.3) is 5.91 Å². The Morgan fingerprint density at radius 2 is 1.90 bits per heavy atom. The lowest BCUT2D eigenvalue weighted by Crippen LogP contribution is -2.28. The van der Waals surface area contributed by atoms with E-state index in [9.17, 15) is 4.79 Å². The topological polar surface area (TPSA) is 50.5 Å². The van der Waals surface area contributed by atoms with Crippen LogP contribution in [0.4, 0.5) is 0 Å². The van der Waals surface area contributed by atoms with Crippen LogP contribution in [0.25, 0.3) is 5.65 Å². The van der Waals surface area contributed by atoms with Crippen molar-refractivity contribution in [1.82, 2.24) is 19.5 Å². The maximum absolute atomic E-state index is 12.3. The minimum atomic E-state index is -0.0210. The summed E-state index contributed by atoms with van der Waals surface area (Å²) >= 11 is 0. The van der Waals surface area contributed by atoms with Crippen LogP contribution >= 0.6 is 0 Å². The number of hydrogen-bond donors (Lipinski definition) is 0. The second-order valence-corrected chi connectivity index (χ2v) is 6.40. The van der Waals surface area contributed by atoms with E-state index >= 15 is 0 Å². The fourth-order valence-electron chi connectivity index (χ4n) is 2.44. The summed E-state index contributed by atoms with van der Waals surface area (Å²) in [5, 5.41) is 4.42. The number of carbonyl (C=O) groups excluding carboxylic acids is 1. The van der Waals surface area contributed by atoms with Crippen molar-refractivity contribution in [2.24, 2.45) is 0 Å². The van der Waals surface area contributed by atoms with Gasteiger partial charge in [0.2, 0.25) is 0 Å². The van der Waals surface area contributed by atoms with Crippen LogP contribution in [0, 0.1) is 0 Å². The van der Waals surface area contributed by atoms with Crippen LogP contribution in [0.3, 0.4) is 0 Å². The van der Waals surface area contributed by atoms with Gasteiger partial charge in [0.1, 0.15) is 5.69 Å². The predicted molar refractivity (Wildman–Crippen MR) is 76.8 cm³/mol. The van der Waals surface area contributed by atoms with Crippen LogP contribution in [-0.4, -0.2) is 38.5 Å². The molecule has 5 heteroatoms. The lowest BCUT2D eigenvalue weighted by molar-refractivity contribution is 0.0785. The van der Waals surface area contributed by atoms with Gasteiger partial charge in [0, 0.05) is 18.5 Å². The van der Waals surface area contributed by atoms with E-state index in [1.54, 1.807) is 10.6 Å². The highest BCUT2D eigenvalue weighted by molar-refractivity contribution is 5.92. The van der Waals surface area contributed by atoms with E-state index in [1.165, 1.54) is 0 Å². The Morgan fingerprint density at radius 3 is 2.55 bits per heavy atom. The Kier molecular flexibility index (Phi) is 3.00. The summed E-state index contributed by atoms with van der Waals surface area (Å²) in [5.41, 5.74) is 2.24. The molecule has 0 radical (unpaired) electrons. The van der Waals surface area contributed by atoms with Gasteiger partial charge in [-0.15, -0.1) is 0 Å². The summed E-state index contributed by atoms with van der Waals surface area (Å²) in [7, 11) is 0. The quantitative estimate of drug-likeness (QED) is 0.800. The molecule has 2 aromatic rings. The van der Waals surface area contributed by atoms with Crippen molar-refractivity contribution in [2.75, 3.05) is 13.1 Å². The van der Waals surface area contributed by atoms with E-state index in [2.05, 4.69) is 30.9 Å². The number of carbonyl (C=O) groups is 1. The van der Waals surface area contributed by atoms with Crippen LogP contribution in [0.15, 0.2) is 18.3 Å². The fourth-order valence-corrected chi connectivity index (χ4v) is 2.44. The van der Waals surface area contributed by atoms with Crippen LogP contribution in [0.2, 0.25) is 0 Å². The SMILES string of the molecule is CC(C)(C)c1cn2nc(C(=O)N3CCCC3)ccc2n1. The van der Waals surface area contributed by atoms with Gasteiger partial charge in [-0.2, -0.15) is 5.10 Å². The van der Waals surface area contributed by atoms with Crippen LogP contribution < -0.4 is 0 Å². The van der Waals surface area contributed by atoms with Crippen molar-refractivity contribution in [2.45, 2.75) is 39.0 Å². The van der Waals surface area contributed by atoms with Crippen molar-refractivity contribution in [3.05, 3.63) is 29.7 Å². The second kappa shape index (κ2) is 4.58. The highest BCUT2D eigenvalue weighted by atomic mass is 16.2. The number of nitrogens with zero attached hydrogens (tertiary/aromatic N) is 4. The van der Waals surface area contributed by atoms with Crippen molar-refractivity contribution in [3.8, 4) is 0 Å². The average Bonchev–Trinajstić information content (AvgIpc) is 3.05. The Morgan fingerprint density at radius 1 is 1.20 bits per heavy atom. The smallest absolute Gasteiger partial charge is 0.274 e. The zero-order chi connectivity index (χ0) is 14.3. The van der Waals surface area contributed by atoms with Gasteiger partial charge in [0.15, 0.2) is 5.65 Å². The molecule has 5 nitrogen and oxygen atoms in total. The molecule has 0 aliphatic carbocycles. The highest BCUT2D eigenvalue weighted by Gasteiger charge is 2.22. The number of aromatic nitrogens is 3. The number of imidazole rings is 1. The first-order valence-corrected chi connectivity index (χ1v) is 7.11. The lowest BCUT2D eigenvalue weighted by atomic mass is 9.93. The number of amides is 1. The zero-order valence-corrected chi connectivity index (χ0v) is 12.3. The van der Waals surface area contributed by atoms with E-state index in [0.717, 1.165) is 37.3 Å². The maximum atomic E-state index is 12.3. The van der Waals surface area contributed by atoms with E-state index in [1.807, 2.05) is 17.2 Å². The number of likely N-dealkylation sites (tertiary alicyclic amines) is 1. The molecular weight excluding hydrogens is 252 g/mol. The molecule has 0 saturated carbocycles. The summed E-state index contributed by atoms with van der Waals surface area (Å²) < 4.78 is 1.71. The Balaban J connectivity index is 1.96. The molecule has 0 spiro atoms. The lowest BCUT2D eigenvalue weighted by Gasteiger charge is -2.14. The van der Waals surface area contributed by atoms with Crippen LogP contribution in [0.5, 0.6) is 0 Å². The molecule has 0 aromatic carbocycles. The van der Waals surface area contributed by atoms with Gasteiger partial charge < -0.3 is 4.90 Å². The first-order valence-electron chi connectivity index (χ1n) is 7.11. The Labute approximate surface area is 118 Å². The third kappa shape index (κ3) is 2.28. The number of rotatable bonds is 1. The van der Waals surface area contributed by atoms with Gasteiger partial charge in [-0.1, -0.05) is 20.8 Å². The summed E-state index contributed by atoms with van der Waals surface area (Å²) in [6.07, 6.45) is 4.09. The first kappa shape index (κ1) is 13.1. The number of hydrogen-bond acceptors (Lipinski definition) is 3. The van der Waals surface area contributed by atoms with Gasteiger partial charge in [-0.05, 0) is 25.0 Å². The standard InChI is InChI=1S/C15H20N4O/c1-15(2,3)12-10-19-13(16-12)7-6-11(17-19)14(20)18-8-4-5-9-18/h6-7,10H,4-5,8-9H2,1-3H3. The molecule has 1 aliphatic rings. The van der Waals surface area contributed by atoms with Crippen molar-refractivity contribution in [3.63, 3.8) is 0 Å². The molecule has 20 heavy (non-hydrogen) atoms. The molecule has 0 N–H and O–H groups in total. The Bertz CT molecular complexity index is 647. The molecular formula is C15H20N4O. The maximum Gasteiger partial charge on any atom is 0.274 e. The van der Waals surface area contributed by atoms with Crippen molar-refractivity contribution in [1.29, 1.82) is 0 Å². The molecule has 3 rings (SSSR count). The highest BCUT2D eigenvalue weighted by Crippen LogP contribution is 2.21. The van der Waals surface area contributed by atoms with Crippen LogP contribution in [-0.2, 0) is 5.41 Å². The third-order valence-corrected chi connectivity index (χ3v) is 3.70. The molecule has 0 atom stereocenters. The van der Waals surface area contributed by atoms with Gasteiger partial charge in [0.05, 0.1) is 11.9 Å². The summed E-state index contributed by atoms with van der Waals surface area (Å²) in [6.45, 7) is 8.03. The van der Waals surface area contributed by atoms with E-state index in [0.29, 0.717) is 5.69 Å². The molecule has 3 heterocycles. The Hall–Kier alpha value is -1.91. The monoisotopic (exact) mass is 272 g/mol. The first-order chi connectivity index (χ1) is 9.45. The van der Waals surface area contributed by atoms with Gasteiger partial charge in [-0.3, -0.25) is 4.79 Å². The summed E-state index contributed by atoms with van der Waals surface area (Å²) in [6, 6.07) is 3.64. The van der Waals surface area contributed by atoms with E-state index < -0.39 is 0 Å². The van der Waals surface area contributed by atoms with Crippen molar-refractivity contribution < 1.29 is 4.79 Å². The molecule has 1 aliphatic heterocycles. The molecule has 1 amide bonds. The third-order valence-electron chi connectivity index (χ3n) is 3.70. The molecule has 0 unspecified atom stereocenters. The molecule has 1 fully saturated rings. The van der Waals surface area contributed by atoms with Gasteiger partial charge in [-0.25, -0.2) is 9.50 Å². The largest absolute Gasteiger partial charge is 0.337 e. The average molecular weight is 272 g/mol. The van der Waals surface area contributed by atoms with E-state index in [-0.39, 0.29) is 11.3 Å². The summed E-state index contributed by atoms with van der Waals surface area (Å²) in [4.78, 5) is 18.8. The molecule has 2 aromatic heterocycles. The summed E-state index contributed by atoms with van der Waals surface area (Å²) in [5.74, 6) is 0.0235. The minimum absolute atomic E-state index is 0.0210. The normalized spacial score (nSPS) is 16.1. The molecule has 0 bridgehead atoms. The molecule has 1 saturated heterocycles. The zero-order valence-electron chi connectivity index (χ0n) is 12.3. The number of fused-ring (bicyclic) bond motifs is 1. The fraction of sp³-hybridized carbons (Fsp3) is 0.533. The van der Waals surface area contributed by atoms with Gasteiger partial charge >= 0.3 is 0 Å². The molecule has 106 valence electrons. The second-order valence-electron chi connectivity index (χ2n) is 6.40. The minimum Gasteiger partial charge on any atom is -0.337 e.